The Hall–Kier alpha value is -2.47. The van der Waals surface area contributed by atoms with Crippen LogP contribution < -0.4 is 5.32 Å². The van der Waals surface area contributed by atoms with E-state index in [9.17, 15) is 14.4 Å². The van der Waals surface area contributed by atoms with E-state index in [2.05, 4.69) is 21.2 Å². The van der Waals surface area contributed by atoms with E-state index < -0.39 is 12.0 Å². The quantitative estimate of drug-likeness (QED) is 0.569. The molecule has 0 saturated heterocycles. The highest BCUT2D eigenvalue weighted by atomic mass is 79.9. The minimum Gasteiger partial charge on any atom is -0.456 e. The summed E-state index contributed by atoms with van der Waals surface area (Å²) < 4.78 is 5.96. The van der Waals surface area contributed by atoms with Crippen molar-refractivity contribution in [3.8, 4) is 0 Å². The van der Waals surface area contributed by atoms with Gasteiger partial charge in [0.1, 0.15) is 6.04 Å². The van der Waals surface area contributed by atoms with E-state index >= 15 is 0 Å². The van der Waals surface area contributed by atoms with E-state index in [1.54, 1.807) is 24.3 Å². The molecule has 5 nitrogen and oxygen atoms in total. The lowest BCUT2D eigenvalue weighted by Gasteiger charge is -2.16. The van der Waals surface area contributed by atoms with E-state index in [4.69, 9.17) is 4.74 Å². The van der Waals surface area contributed by atoms with Crippen LogP contribution >= 0.6 is 15.9 Å². The number of amides is 1. The molecule has 0 heterocycles. The van der Waals surface area contributed by atoms with Crippen LogP contribution in [0.15, 0.2) is 59.1 Å². The number of Topliss-reactive ketones (excluding diaryl/α,β-unsaturated/α-hetero) is 1. The Bertz CT molecular complexity index is 744. The number of hydrogen-bond acceptors (Lipinski definition) is 4. The van der Waals surface area contributed by atoms with Crippen LogP contribution in [-0.2, 0) is 20.7 Å². The van der Waals surface area contributed by atoms with Crippen molar-refractivity contribution in [1.82, 2.24) is 5.32 Å². The first-order chi connectivity index (χ1) is 12.0. The summed E-state index contributed by atoms with van der Waals surface area (Å²) in [6, 6.07) is 15.2. The van der Waals surface area contributed by atoms with Crippen molar-refractivity contribution in [3.63, 3.8) is 0 Å². The van der Waals surface area contributed by atoms with Gasteiger partial charge in [0.2, 0.25) is 5.91 Å². The molecule has 0 spiro atoms. The fourth-order valence-electron chi connectivity index (χ4n) is 2.24. The molecule has 0 saturated carbocycles. The second-order valence-corrected chi connectivity index (χ2v) is 6.40. The van der Waals surface area contributed by atoms with Crippen LogP contribution in [0.1, 0.15) is 22.8 Å². The van der Waals surface area contributed by atoms with E-state index in [1.165, 1.54) is 6.92 Å². The summed E-state index contributed by atoms with van der Waals surface area (Å²) in [5.74, 6) is -1.27. The molecule has 0 aliphatic carbocycles. The normalized spacial score (nSPS) is 11.4. The van der Waals surface area contributed by atoms with Gasteiger partial charge in [0.25, 0.3) is 0 Å². The average molecular weight is 404 g/mol. The first-order valence-corrected chi connectivity index (χ1v) is 8.51. The molecule has 1 N–H and O–H groups in total. The average Bonchev–Trinajstić information content (AvgIpc) is 2.60. The van der Waals surface area contributed by atoms with Crippen molar-refractivity contribution >= 4 is 33.6 Å². The highest BCUT2D eigenvalue weighted by Crippen LogP contribution is 2.11. The maximum absolute atomic E-state index is 12.3. The van der Waals surface area contributed by atoms with Crippen LogP contribution in [-0.4, -0.2) is 30.3 Å². The molecule has 25 heavy (non-hydrogen) atoms. The fraction of sp³-hybridized carbons (Fsp3) is 0.211. The Morgan fingerprint density at radius 1 is 1.04 bits per heavy atom. The number of nitrogens with one attached hydrogen (secondary N) is 1. The SMILES string of the molecule is CC(=O)N[C@@H](Cc1ccccc1)C(=O)OCC(=O)c1ccc(Br)cc1. The van der Waals surface area contributed by atoms with Gasteiger partial charge in [-0.1, -0.05) is 58.4 Å². The van der Waals surface area contributed by atoms with Crippen molar-refractivity contribution in [3.05, 3.63) is 70.2 Å². The van der Waals surface area contributed by atoms with Crippen LogP contribution in [0.25, 0.3) is 0 Å². The smallest absolute Gasteiger partial charge is 0.329 e. The number of hydrogen-bond donors (Lipinski definition) is 1. The lowest BCUT2D eigenvalue weighted by molar-refractivity contribution is -0.146. The topological polar surface area (TPSA) is 72.5 Å². The minimum absolute atomic E-state index is 0.297. The molecule has 0 aliphatic rings. The third kappa shape index (κ3) is 6.15. The maximum Gasteiger partial charge on any atom is 0.329 e. The summed E-state index contributed by atoms with van der Waals surface area (Å²) in [6.45, 7) is 0.962. The zero-order chi connectivity index (χ0) is 18.2. The lowest BCUT2D eigenvalue weighted by atomic mass is 10.1. The van der Waals surface area contributed by atoms with E-state index in [0.717, 1.165) is 10.0 Å². The predicted molar refractivity (Wildman–Crippen MR) is 97.2 cm³/mol. The Balaban J connectivity index is 1.97. The van der Waals surface area contributed by atoms with Crippen LogP contribution in [0.4, 0.5) is 0 Å². The number of rotatable bonds is 7. The summed E-state index contributed by atoms with van der Waals surface area (Å²) in [6.07, 6.45) is 0.297. The molecule has 2 aromatic rings. The molecule has 1 atom stereocenters. The number of ether oxygens (including phenoxy) is 1. The summed E-state index contributed by atoms with van der Waals surface area (Å²) in [7, 11) is 0. The summed E-state index contributed by atoms with van der Waals surface area (Å²) in [5, 5.41) is 2.57. The fourth-order valence-corrected chi connectivity index (χ4v) is 2.51. The van der Waals surface area contributed by atoms with Crippen molar-refractivity contribution in [2.24, 2.45) is 0 Å². The lowest BCUT2D eigenvalue weighted by Crippen LogP contribution is -2.42. The van der Waals surface area contributed by atoms with Gasteiger partial charge in [0, 0.05) is 23.4 Å². The monoisotopic (exact) mass is 403 g/mol. The molecular weight excluding hydrogens is 386 g/mol. The molecule has 2 rings (SSSR count). The summed E-state index contributed by atoms with van der Waals surface area (Å²) >= 11 is 3.29. The van der Waals surface area contributed by atoms with Crippen LogP contribution in [0, 0.1) is 0 Å². The van der Waals surface area contributed by atoms with Crippen LogP contribution in [0.3, 0.4) is 0 Å². The zero-order valence-corrected chi connectivity index (χ0v) is 15.3. The van der Waals surface area contributed by atoms with Crippen LogP contribution in [0.2, 0.25) is 0 Å². The van der Waals surface area contributed by atoms with E-state index in [1.807, 2.05) is 30.3 Å². The molecule has 0 radical (unpaired) electrons. The van der Waals surface area contributed by atoms with Gasteiger partial charge in [0.15, 0.2) is 12.4 Å². The Kier molecular flexibility index (Phi) is 6.89. The molecule has 0 fully saturated rings. The number of esters is 1. The van der Waals surface area contributed by atoms with Gasteiger partial charge in [-0.3, -0.25) is 9.59 Å². The first-order valence-electron chi connectivity index (χ1n) is 7.72. The van der Waals surface area contributed by atoms with Crippen LogP contribution in [0.5, 0.6) is 0 Å². The maximum atomic E-state index is 12.3. The number of carbonyl (C=O) groups excluding carboxylic acids is 3. The van der Waals surface area contributed by atoms with Crippen molar-refractivity contribution in [2.75, 3.05) is 6.61 Å². The minimum atomic E-state index is -0.836. The summed E-state index contributed by atoms with van der Waals surface area (Å²) in [5.41, 5.74) is 1.34. The molecule has 130 valence electrons. The van der Waals surface area contributed by atoms with E-state index in [0.29, 0.717) is 12.0 Å². The molecule has 6 heteroatoms. The first kappa shape index (κ1) is 18.9. The van der Waals surface area contributed by atoms with Crippen molar-refractivity contribution in [1.29, 1.82) is 0 Å². The van der Waals surface area contributed by atoms with Crippen molar-refractivity contribution in [2.45, 2.75) is 19.4 Å². The third-order valence-corrected chi connectivity index (χ3v) is 3.99. The molecule has 0 aliphatic heterocycles. The van der Waals surface area contributed by atoms with Gasteiger partial charge in [-0.2, -0.15) is 0 Å². The molecule has 2 aromatic carbocycles. The van der Waals surface area contributed by atoms with Gasteiger partial charge in [0.05, 0.1) is 0 Å². The number of benzene rings is 2. The second-order valence-electron chi connectivity index (χ2n) is 5.48. The van der Waals surface area contributed by atoms with Gasteiger partial charge >= 0.3 is 5.97 Å². The second kappa shape index (κ2) is 9.13. The van der Waals surface area contributed by atoms with Crippen molar-refractivity contribution < 1.29 is 19.1 Å². The molecular formula is C19H18BrNO4. The standard InChI is InChI=1S/C19H18BrNO4/c1-13(22)21-17(11-14-5-3-2-4-6-14)19(24)25-12-18(23)15-7-9-16(20)10-8-15/h2-10,17H,11-12H2,1H3,(H,21,22)/t17-/m0/s1. The molecule has 1 amide bonds. The summed E-state index contributed by atoms with van der Waals surface area (Å²) in [4.78, 5) is 35.7. The van der Waals surface area contributed by atoms with Gasteiger partial charge in [-0.15, -0.1) is 0 Å². The largest absolute Gasteiger partial charge is 0.456 e. The number of ketones is 1. The Morgan fingerprint density at radius 2 is 1.68 bits per heavy atom. The number of carbonyl (C=O) groups is 3. The highest BCUT2D eigenvalue weighted by Gasteiger charge is 2.22. The van der Waals surface area contributed by atoms with E-state index in [-0.39, 0.29) is 18.3 Å². The van der Waals surface area contributed by atoms with Gasteiger partial charge in [-0.25, -0.2) is 4.79 Å². The predicted octanol–water partition coefficient (Wildman–Crippen LogP) is 2.92. The van der Waals surface area contributed by atoms with Gasteiger partial charge in [-0.05, 0) is 17.7 Å². The molecule has 0 aromatic heterocycles. The molecule has 0 bridgehead atoms. The Morgan fingerprint density at radius 3 is 2.28 bits per heavy atom. The zero-order valence-electron chi connectivity index (χ0n) is 13.7. The molecule has 0 unspecified atom stereocenters. The highest BCUT2D eigenvalue weighted by molar-refractivity contribution is 9.10. The number of halogens is 1. The Labute approximate surface area is 154 Å². The third-order valence-electron chi connectivity index (χ3n) is 3.46. The van der Waals surface area contributed by atoms with Gasteiger partial charge < -0.3 is 10.1 Å².